The number of aliphatic hydroxyl groups excluding tert-OH is 1. The Hall–Kier alpha value is -1.63. The van der Waals surface area contributed by atoms with E-state index in [-0.39, 0.29) is 4.90 Å². The first-order valence-electron chi connectivity index (χ1n) is 8.29. The standard InChI is InChI=1S/C18H24N2O3S/c1-20(2)16-10-5-8-14-13(16)7-6-12-18(14)24(22,23)19-15-9-3-4-11-17(15)21/h5-8,10,12,15,17,19,21H,3-4,9,11H2,1-2H3. The second kappa shape index (κ2) is 6.70. The predicted octanol–water partition coefficient (Wildman–Crippen LogP) is 2.49. The number of sulfonamides is 1. The van der Waals surface area contributed by atoms with Gasteiger partial charge < -0.3 is 10.0 Å². The molecule has 130 valence electrons. The van der Waals surface area contributed by atoms with Crippen molar-refractivity contribution < 1.29 is 13.5 Å². The van der Waals surface area contributed by atoms with Crippen molar-refractivity contribution >= 4 is 26.5 Å². The van der Waals surface area contributed by atoms with E-state index in [1.807, 2.05) is 43.3 Å². The van der Waals surface area contributed by atoms with Gasteiger partial charge in [-0.2, -0.15) is 0 Å². The molecule has 2 aromatic carbocycles. The topological polar surface area (TPSA) is 69.6 Å². The molecular weight excluding hydrogens is 324 g/mol. The third-order valence-corrected chi connectivity index (χ3v) is 6.21. The van der Waals surface area contributed by atoms with E-state index in [2.05, 4.69) is 4.72 Å². The van der Waals surface area contributed by atoms with Crippen LogP contribution in [0.15, 0.2) is 41.3 Å². The summed E-state index contributed by atoms with van der Waals surface area (Å²) in [4.78, 5) is 2.23. The molecular formula is C18H24N2O3S. The quantitative estimate of drug-likeness (QED) is 0.891. The molecule has 0 bridgehead atoms. The predicted molar refractivity (Wildman–Crippen MR) is 96.9 cm³/mol. The van der Waals surface area contributed by atoms with Gasteiger partial charge in [-0.3, -0.25) is 0 Å². The number of nitrogens with one attached hydrogen (secondary N) is 1. The van der Waals surface area contributed by atoms with Gasteiger partial charge in [-0.15, -0.1) is 0 Å². The van der Waals surface area contributed by atoms with Crippen molar-refractivity contribution in [3.8, 4) is 0 Å². The first-order chi connectivity index (χ1) is 11.4. The van der Waals surface area contributed by atoms with Gasteiger partial charge >= 0.3 is 0 Å². The second-order valence-electron chi connectivity index (χ2n) is 6.60. The van der Waals surface area contributed by atoms with Crippen LogP contribution in [0.2, 0.25) is 0 Å². The van der Waals surface area contributed by atoms with Crippen molar-refractivity contribution in [1.29, 1.82) is 0 Å². The van der Waals surface area contributed by atoms with Crippen LogP contribution in [0, 0.1) is 0 Å². The van der Waals surface area contributed by atoms with E-state index < -0.39 is 22.2 Å². The molecule has 6 heteroatoms. The number of rotatable bonds is 4. The number of aliphatic hydroxyl groups is 1. The van der Waals surface area contributed by atoms with Crippen LogP contribution in [0.25, 0.3) is 10.8 Å². The van der Waals surface area contributed by atoms with Gasteiger partial charge in [-0.25, -0.2) is 13.1 Å². The van der Waals surface area contributed by atoms with Crippen molar-refractivity contribution in [1.82, 2.24) is 4.72 Å². The molecule has 1 aliphatic rings. The molecule has 3 rings (SSSR count). The highest BCUT2D eigenvalue weighted by atomic mass is 32.2. The maximum absolute atomic E-state index is 12.9. The van der Waals surface area contributed by atoms with Gasteiger partial charge in [0.15, 0.2) is 0 Å². The summed E-state index contributed by atoms with van der Waals surface area (Å²) >= 11 is 0. The van der Waals surface area contributed by atoms with E-state index in [1.165, 1.54) is 0 Å². The van der Waals surface area contributed by atoms with Crippen molar-refractivity contribution in [2.45, 2.75) is 42.7 Å². The van der Waals surface area contributed by atoms with Crippen LogP contribution in [0.1, 0.15) is 25.7 Å². The zero-order valence-corrected chi connectivity index (χ0v) is 14.9. The zero-order valence-electron chi connectivity index (χ0n) is 14.1. The zero-order chi connectivity index (χ0) is 17.3. The highest BCUT2D eigenvalue weighted by Crippen LogP contribution is 2.30. The summed E-state index contributed by atoms with van der Waals surface area (Å²) in [5.74, 6) is 0. The normalized spacial score (nSPS) is 21.8. The number of fused-ring (bicyclic) bond motifs is 1. The summed E-state index contributed by atoms with van der Waals surface area (Å²) in [6.45, 7) is 0. The molecule has 2 unspecified atom stereocenters. The largest absolute Gasteiger partial charge is 0.391 e. The molecule has 2 N–H and O–H groups in total. The Balaban J connectivity index is 2.03. The molecule has 1 saturated carbocycles. The van der Waals surface area contributed by atoms with E-state index in [0.717, 1.165) is 23.9 Å². The van der Waals surface area contributed by atoms with Crippen LogP contribution >= 0.6 is 0 Å². The highest BCUT2D eigenvalue weighted by molar-refractivity contribution is 7.89. The molecule has 0 aromatic heterocycles. The van der Waals surface area contributed by atoms with Crippen molar-refractivity contribution in [2.75, 3.05) is 19.0 Å². The molecule has 1 fully saturated rings. The number of hydrogen-bond donors (Lipinski definition) is 2. The SMILES string of the molecule is CN(C)c1cccc2c(S(=O)(=O)NC3CCCCC3O)cccc12. The molecule has 0 saturated heterocycles. The van der Waals surface area contributed by atoms with Crippen molar-refractivity contribution in [3.05, 3.63) is 36.4 Å². The third-order valence-electron chi connectivity index (χ3n) is 4.67. The fraction of sp³-hybridized carbons (Fsp3) is 0.444. The lowest BCUT2D eigenvalue weighted by Crippen LogP contribution is -2.44. The highest BCUT2D eigenvalue weighted by Gasteiger charge is 2.29. The van der Waals surface area contributed by atoms with Gasteiger partial charge in [-0.05, 0) is 25.0 Å². The van der Waals surface area contributed by atoms with Crippen molar-refractivity contribution in [3.63, 3.8) is 0 Å². The Morgan fingerprint density at radius 1 is 1.04 bits per heavy atom. The van der Waals surface area contributed by atoms with E-state index in [1.54, 1.807) is 12.1 Å². The summed E-state index contributed by atoms with van der Waals surface area (Å²) in [6.07, 6.45) is 2.59. The monoisotopic (exact) mass is 348 g/mol. The van der Waals surface area contributed by atoms with Crippen molar-refractivity contribution in [2.24, 2.45) is 0 Å². The summed E-state index contributed by atoms with van der Waals surface area (Å²) in [6, 6.07) is 10.6. The van der Waals surface area contributed by atoms with Crippen LogP contribution in [0.3, 0.4) is 0 Å². The van der Waals surface area contributed by atoms with Crippen LogP contribution < -0.4 is 9.62 Å². The summed E-state index contributed by atoms with van der Waals surface area (Å²) in [7, 11) is 0.184. The minimum Gasteiger partial charge on any atom is -0.391 e. The third kappa shape index (κ3) is 3.27. The van der Waals surface area contributed by atoms with Gasteiger partial charge in [0.05, 0.1) is 11.0 Å². The van der Waals surface area contributed by atoms with Gasteiger partial charge in [0.25, 0.3) is 0 Å². The minimum absolute atomic E-state index is 0.265. The fourth-order valence-electron chi connectivity index (χ4n) is 3.40. The van der Waals surface area contributed by atoms with Crippen LogP contribution in [0.5, 0.6) is 0 Å². The maximum Gasteiger partial charge on any atom is 0.241 e. The fourth-order valence-corrected chi connectivity index (χ4v) is 4.93. The van der Waals surface area contributed by atoms with E-state index in [9.17, 15) is 13.5 Å². The number of anilines is 1. The lowest BCUT2D eigenvalue weighted by Gasteiger charge is -2.28. The molecule has 2 atom stereocenters. The summed E-state index contributed by atoms with van der Waals surface area (Å²) < 4.78 is 28.5. The van der Waals surface area contributed by atoms with E-state index in [0.29, 0.717) is 18.2 Å². The molecule has 0 heterocycles. The Kier molecular flexibility index (Phi) is 4.80. The molecule has 1 aliphatic carbocycles. The van der Waals surface area contributed by atoms with E-state index in [4.69, 9.17) is 0 Å². The lowest BCUT2D eigenvalue weighted by molar-refractivity contribution is 0.101. The molecule has 24 heavy (non-hydrogen) atoms. The summed E-state index contributed by atoms with van der Waals surface area (Å²) in [5, 5.41) is 11.7. The first kappa shape index (κ1) is 17.2. The second-order valence-corrected chi connectivity index (χ2v) is 8.28. The Morgan fingerprint density at radius 2 is 1.71 bits per heavy atom. The van der Waals surface area contributed by atoms with Crippen LogP contribution in [-0.4, -0.2) is 39.8 Å². The van der Waals surface area contributed by atoms with Gasteiger partial charge in [0.2, 0.25) is 10.0 Å². The van der Waals surface area contributed by atoms with Gasteiger partial charge in [0, 0.05) is 36.6 Å². The average Bonchev–Trinajstić information content (AvgIpc) is 2.55. The van der Waals surface area contributed by atoms with E-state index >= 15 is 0 Å². The molecule has 0 aliphatic heterocycles. The molecule has 0 amide bonds. The Labute approximate surface area is 143 Å². The van der Waals surface area contributed by atoms with Crippen LogP contribution in [0.4, 0.5) is 5.69 Å². The number of nitrogens with zero attached hydrogens (tertiary/aromatic N) is 1. The van der Waals surface area contributed by atoms with Crippen LogP contribution in [-0.2, 0) is 10.0 Å². The molecule has 0 radical (unpaired) electrons. The Morgan fingerprint density at radius 3 is 2.42 bits per heavy atom. The molecule has 2 aromatic rings. The smallest absolute Gasteiger partial charge is 0.241 e. The number of benzene rings is 2. The maximum atomic E-state index is 12.9. The minimum atomic E-state index is -3.69. The molecule has 5 nitrogen and oxygen atoms in total. The summed E-state index contributed by atoms with van der Waals surface area (Å²) in [5.41, 5.74) is 0.974. The molecule has 0 spiro atoms. The lowest BCUT2D eigenvalue weighted by atomic mass is 9.93. The number of hydrogen-bond acceptors (Lipinski definition) is 4. The average molecular weight is 348 g/mol. The Bertz CT molecular complexity index is 833. The first-order valence-corrected chi connectivity index (χ1v) is 9.78. The van der Waals surface area contributed by atoms with Gasteiger partial charge in [-0.1, -0.05) is 37.1 Å². The van der Waals surface area contributed by atoms with Gasteiger partial charge in [0.1, 0.15) is 0 Å².